The average molecular weight is 287 g/mol. The van der Waals surface area contributed by atoms with Crippen LogP contribution in [0.5, 0.6) is 0 Å². The fraction of sp³-hybridized carbons (Fsp3) is 0.438. The lowest BCUT2D eigenvalue weighted by Gasteiger charge is -2.31. The van der Waals surface area contributed by atoms with Crippen LogP contribution in [-0.2, 0) is 12.8 Å². The summed E-state index contributed by atoms with van der Waals surface area (Å²) in [5, 5.41) is 2.17. The molecule has 2 unspecified atom stereocenters. The zero-order chi connectivity index (χ0) is 13.9. The van der Waals surface area contributed by atoms with Crippen molar-refractivity contribution in [3.05, 3.63) is 51.5 Å². The van der Waals surface area contributed by atoms with E-state index < -0.39 is 0 Å². The van der Waals surface area contributed by atoms with Crippen molar-refractivity contribution in [2.45, 2.75) is 44.6 Å². The van der Waals surface area contributed by atoms with Crippen LogP contribution in [0.3, 0.4) is 0 Å². The van der Waals surface area contributed by atoms with E-state index in [1.54, 1.807) is 11.3 Å². The lowest BCUT2D eigenvalue weighted by Crippen LogP contribution is -2.34. The first-order valence-electron chi connectivity index (χ1n) is 7.31. The minimum absolute atomic E-state index is 0.180. The molecule has 2 heterocycles. The van der Waals surface area contributed by atoms with E-state index in [9.17, 15) is 0 Å². The van der Waals surface area contributed by atoms with E-state index in [4.69, 9.17) is 5.84 Å². The summed E-state index contributed by atoms with van der Waals surface area (Å²) in [4.78, 5) is 6.02. The third kappa shape index (κ3) is 2.39. The molecule has 106 valence electrons. The summed E-state index contributed by atoms with van der Waals surface area (Å²) in [5.74, 6) is 6.29. The first kappa shape index (κ1) is 13.7. The van der Waals surface area contributed by atoms with E-state index in [-0.39, 0.29) is 6.04 Å². The van der Waals surface area contributed by atoms with E-state index >= 15 is 0 Å². The highest BCUT2D eigenvalue weighted by Crippen LogP contribution is 2.41. The highest BCUT2D eigenvalue weighted by molar-refractivity contribution is 7.10. The summed E-state index contributed by atoms with van der Waals surface area (Å²) in [6.07, 6.45) is 6.47. The van der Waals surface area contributed by atoms with Gasteiger partial charge in [-0.1, -0.05) is 13.0 Å². The number of fused-ring (bicyclic) bond motifs is 1. The molecule has 3 rings (SSSR count). The lowest BCUT2D eigenvalue weighted by molar-refractivity contribution is 0.403. The third-order valence-electron chi connectivity index (χ3n) is 4.26. The second-order valence-electron chi connectivity index (χ2n) is 5.35. The summed E-state index contributed by atoms with van der Waals surface area (Å²) in [7, 11) is 0. The number of rotatable bonds is 4. The molecule has 0 aliphatic heterocycles. The number of hydrazine groups is 1. The molecule has 0 spiro atoms. The number of hydrogen-bond donors (Lipinski definition) is 2. The largest absolute Gasteiger partial charge is 0.271 e. The molecule has 1 aliphatic rings. The maximum atomic E-state index is 5.90. The Kier molecular flexibility index (Phi) is 4.15. The van der Waals surface area contributed by atoms with Crippen LogP contribution < -0.4 is 11.3 Å². The second-order valence-corrected chi connectivity index (χ2v) is 6.30. The molecule has 0 radical (unpaired) electrons. The van der Waals surface area contributed by atoms with Crippen molar-refractivity contribution in [3.63, 3.8) is 0 Å². The van der Waals surface area contributed by atoms with Gasteiger partial charge in [0.05, 0.1) is 6.04 Å². The number of nitrogens with zero attached hydrogens (tertiary/aromatic N) is 1. The maximum Gasteiger partial charge on any atom is 0.0639 e. The molecular formula is C16H21N3S. The van der Waals surface area contributed by atoms with Crippen molar-refractivity contribution < 1.29 is 0 Å². The van der Waals surface area contributed by atoms with Gasteiger partial charge < -0.3 is 0 Å². The lowest BCUT2D eigenvalue weighted by atomic mass is 9.81. The van der Waals surface area contributed by atoms with E-state index in [0.717, 1.165) is 19.3 Å². The van der Waals surface area contributed by atoms with E-state index in [0.29, 0.717) is 5.92 Å². The Hall–Kier alpha value is -1.23. The van der Waals surface area contributed by atoms with Crippen molar-refractivity contribution in [1.82, 2.24) is 10.4 Å². The van der Waals surface area contributed by atoms with Gasteiger partial charge in [0.1, 0.15) is 0 Å². The van der Waals surface area contributed by atoms with Crippen LogP contribution >= 0.6 is 11.3 Å². The Bertz CT molecular complexity index is 579. The van der Waals surface area contributed by atoms with E-state index in [1.807, 2.05) is 12.3 Å². The molecule has 2 atom stereocenters. The second kappa shape index (κ2) is 6.04. The Morgan fingerprint density at radius 2 is 2.40 bits per heavy atom. The van der Waals surface area contributed by atoms with Crippen molar-refractivity contribution in [2.24, 2.45) is 5.84 Å². The minimum atomic E-state index is 0.180. The van der Waals surface area contributed by atoms with Crippen molar-refractivity contribution in [1.29, 1.82) is 0 Å². The van der Waals surface area contributed by atoms with Gasteiger partial charge in [0.2, 0.25) is 0 Å². The van der Waals surface area contributed by atoms with Crippen LogP contribution in [0.15, 0.2) is 29.8 Å². The standard InChI is InChI=1S/C16H21N3S/c1-2-11-8-10-20-16(11)15(19-17)13-7-3-5-12-6-4-9-18-14(12)13/h4,6,8-10,13,15,19H,2-3,5,7,17H2,1H3. The highest BCUT2D eigenvalue weighted by atomic mass is 32.1. The van der Waals surface area contributed by atoms with Gasteiger partial charge in [-0.3, -0.25) is 16.3 Å². The normalized spacial score (nSPS) is 19.6. The van der Waals surface area contributed by atoms with Gasteiger partial charge in [-0.25, -0.2) is 0 Å². The first-order valence-corrected chi connectivity index (χ1v) is 8.19. The molecular weight excluding hydrogens is 266 g/mol. The minimum Gasteiger partial charge on any atom is -0.271 e. The van der Waals surface area contributed by atoms with Gasteiger partial charge in [0.15, 0.2) is 0 Å². The van der Waals surface area contributed by atoms with Gasteiger partial charge in [0, 0.05) is 22.7 Å². The SMILES string of the molecule is CCc1ccsc1C(NN)C1CCCc2cccnc21. The highest BCUT2D eigenvalue weighted by Gasteiger charge is 2.31. The smallest absolute Gasteiger partial charge is 0.0639 e. The number of aryl methyl sites for hydroxylation is 2. The number of nitrogens with one attached hydrogen (secondary N) is 1. The Balaban J connectivity index is 1.99. The maximum absolute atomic E-state index is 5.90. The molecule has 3 nitrogen and oxygen atoms in total. The molecule has 3 N–H and O–H groups in total. The molecule has 0 fully saturated rings. The predicted molar refractivity (Wildman–Crippen MR) is 83.7 cm³/mol. The van der Waals surface area contributed by atoms with Crippen molar-refractivity contribution >= 4 is 11.3 Å². The Morgan fingerprint density at radius 3 is 3.20 bits per heavy atom. The Labute approximate surface area is 124 Å². The van der Waals surface area contributed by atoms with E-state index in [1.165, 1.54) is 28.1 Å². The monoisotopic (exact) mass is 287 g/mol. The molecule has 20 heavy (non-hydrogen) atoms. The van der Waals surface area contributed by atoms with Gasteiger partial charge in [-0.2, -0.15) is 0 Å². The third-order valence-corrected chi connectivity index (χ3v) is 5.31. The van der Waals surface area contributed by atoms with Gasteiger partial charge >= 0.3 is 0 Å². The van der Waals surface area contributed by atoms with Crippen LogP contribution in [0.2, 0.25) is 0 Å². The molecule has 0 amide bonds. The topological polar surface area (TPSA) is 50.9 Å². The fourth-order valence-electron chi connectivity index (χ4n) is 3.26. The summed E-state index contributed by atoms with van der Waals surface area (Å²) in [5.41, 5.74) is 7.08. The fourth-order valence-corrected chi connectivity index (χ4v) is 4.38. The van der Waals surface area contributed by atoms with Crippen LogP contribution in [0.25, 0.3) is 0 Å². The van der Waals surface area contributed by atoms with Crippen molar-refractivity contribution in [3.8, 4) is 0 Å². The number of aromatic nitrogens is 1. The molecule has 1 aliphatic carbocycles. The zero-order valence-corrected chi connectivity index (χ0v) is 12.6. The quantitative estimate of drug-likeness (QED) is 0.670. The molecule has 0 bridgehead atoms. The number of nitrogens with two attached hydrogens (primary N) is 1. The van der Waals surface area contributed by atoms with Crippen molar-refractivity contribution in [2.75, 3.05) is 0 Å². The molecule has 0 aromatic carbocycles. The van der Waals surface area contributed by atoms with Gasteiger partial charge in [-0.15, -0.1) is 11.3 Å². The van der Waals surface area contributed by atoms with Crippen LogP contribution in [0.1, 0.15) is 53.4 Å². The average Bonchev–Trinajstić information content (AvgIpc) is 2.97. The molecule has 4 heteroatoms. The number of thiophene rings is 1. The summed E-state index contributed by atoms with van der Waals surface area (Å²) in [6.45, 7) is 2.20. The van der Waals surface area contributed by atoms with E-state index in [2.05, 4.69) is 34.8 Å². The molecule has 0 saturated heterocycles. The summed E-state index contributed by atoms with van der Waals surface area (Å²) >= 11 is 1.80. The van der Waals surface area contributed by atoms with Crippen LogP contribution in [-0.4, -0.2) is 4.98 Å². The molecule has 2 aromatic rings. The summed E-state index contributed by atoms with van der Waals surface area (Å²) in [6, 6.07) is 6.64. The number of hydrogen-bond acceptors (Lipinski definition) is 4. The van der Waals surface area contributed by atoms with Crippen LogP contribution in [0.4, 0.5) is 0 Å². The summed E-state index contributed by atoms with van der Waals surface area (Å²) < 4.78 is 0. The molecule has 0 saturated carbocycles. The predicted octanol–water partition coefficient (Wildman–Crippen LogP) is 3.33. The van der Waals surface area contributed by atoms with Gasteiger partial charge in [-0.05, 0) is 54.3 Å². The zero-order valence-electron chi connectivity index (χ0n) is 11.8. The number of pyridine rings is 1. The van der Waals surface area contributed by atoms with Gasteiger partial charge in [0.25, 0.3) is 0 Å². The Morgan fingerprint density at radius 1 is 1.50 bits per heavy atom. The molecule has 2 aromatic heterocycles. The first-order chi connectivity index (χ1) is 9.85. The van der Waals surface area contributed by atoms with Crippen LogP contribution in [0, 0.1) is 0 Å².